The van der Waals surface area contributed by atoms with Crippen LogP contribution in [0.15, 0.2) is 47.5 Å². The number of methoxy groups -OCH3 is 1. The van der Waals surface area contributed by atoms with E-state index in [2.05, 4.69) is 10.3 Å². The first kappa shape index (κ1) is 35.7. The molecular formula is C31H27ClF7N5O5. The summed E-state index contributed by atoms with van der Waals surface area (Å²) in [6, 6.07) is 1.51. The molecule has 262 valence electrons. The Morgan fingerprint density at radius 2 is 1.88 bits per heavy atom. The molecule has 1 aliphatic rings. The van der Waals surface area contributed by atoms with Gasteiger partial charge in [0.2, 0.25) is 0 Å². The molecule has 0 spiro atoms. The van der Waals surface area contributed by atoms with Crippen LogP contribution in [0.4, 0.5) is 36.4 Å². The Morgan fingerprint density at radius 1 is 1.16 bits per heavy atom. The standard InChI is InChI=1S/C31H27ClF7N5O5/c1-15-10-19(30(34,35)36)24(28(46)42(15)2)18-5-4-16(44-7-6-40-26(18)44)13-22(29(47)48-3)41-27(45)25-20(32)11-17(12-21(25)33)43-8-9-49-14-23(43)31(37,38)39/h4-7,10-12,22-23H,8-9,13-14H2,1-3H3,(H,41,45)/t22-,23+/m0/s1. The summed E-state index contributed by atoms with van der Waals surface area (Å²) < 4.78 is 110. The highest BCUT2D eigenvalue weighted by Gasteiger charge is 2.46. The highest BCUT2D eigenvalue weighted by Crippen LogP contribution is 2.38. The fraction of sp³-hybridized carbons (Fsp3) is 0.355. The van der Waals surface area contributed by atoms with Crippen LogP contribution in [0.3, 0.4) is 0 Å². The SMILES string of the molecule is COC(=O)[C@H](Cc1ccc(-c2c(C(F)(F)F)cc(C)n(C)c2=O)c2nccn12)NC(=O)c1c(F)cc(N2CCOC[C@@H]2C(F)(F)F)cc1Cl. The molecule has 0 aliphatic carbocycles. The van der Waals surface area contributed by atoms with Gasteiger partial charge in [-0.25, -0.2) is 14.2 Å². The second-order valence-electron chi connectivity index (χ2n) is 11.2. The van der Waals surface area contributed by atoms with Crippen molar-refractivity contribution in [2.75, 3.05) is 31.8 Å². The molecule has 10 nitrogen and oxygen atoms in total. The minimum absolute atomic E-state index is 0.0643. The summed E-state index contributed by atoms with van der Waals surface area (Å²) in [5.74, 6) is -3.46. The summed E-state index contributed by atoms with van der Waals surface area (Å²) in [5.41, 5.74) is -3.65. The Bertz CT molecular complexity index is 1970. The van der Waals surface area contributed by atoms with Gasteiger partial charge < -0.3 is 28.7 Å². The molecule has 4 heterocycles. The Hall–Kier alpha value is -4.64. The number of aryl methyl sites for hydroxylation is 1. The third-order valence-electron chi connectivity index (χ3n) is 8.17. The molecule has 1 amide bonds. The van der Waals surface area contributed by atoms with Crippen molar-refractivity contribution in [2.24, 2.45) is 7.05 Å². The number of amides is 1. The third-order valence-corrected chi connectivity index (χ3v) is 8.47. The van der Waals surface area contributed by atoms with Crippen molar-refractivity contribution in [3.05, 3.63) is 86.4 Å². The van der Waals surface area contributed by atoms with Crippen molar-refractivity contribution < 1.29 is 49.8 Å². The number of hydrogen-bond donors (Lipinski definition) is 1. The summed E-state index contributed by atoms with van der Waals surface area (Å²) in [6.07, 6.45) is -7.32. The van der Waals surface area contributed by atoms with Crippen LogP contribution < -0.4 is 15.8 Å². The number of carbonyl (C=O) groups excluding carboxylic acids is 2. The lowest BCUT2D eigenvalue weighted by Crippen LogP contribution is -2.53. The minimum atomic E-state index is -4.88. The molecule has 0 bridgehead atoms. The first-order valence-electron chi connectivity index (χ1n) is 14.5. The maximum absolute atomic E-state index is 15.4. The van der Waals surface area contributed by atoms with E-state index in [4.69, 9.17) is 21.1 Å². The van der Waals surface area contributed by atoms with E-state index in [1.54, 1.807) is 0 Å². The molecule has 1 aliphatic heterocycles. The minimum Gasteiger partial charge on any atom is -0.467 e. The van der Waals surface area contributed by atoms with Crippen LogP contribution in [0, 0.1) is 12.7 Å². The summed E-state index contributed by atoms with van der Waals surface area (Å²) in [4.78, 5) is 44.2. The van der Waals surface area contributed by atoms with Crippen molar-refractivity contribution in [1.82, 2.24) is 19.3 Å². The number of anilines is 1. The van der Waals surface area contributed by atoms with Crippen LogP contribution in [-0.2, 0) is 33.9 Å². The van der Waals surface area contributed by atoms with Crippen LogP contribution >= 0.6 is 11.6 Å². The van der Waals surface area contributed by atoms with Crippen LogP contribution in [0.2, 0.25) is 5.02 Å². The normalized spacial score (nSPS) is 16.1. The topological polar surface area (TPSA) is 107 Å². The van der Waals surface area contributed by atoms with E-state index in [9.17, 15) is 40.7 Å². The number of carbonyl (C=O) groups is 2. The molecule has 1 saturated heterocycles. The van der Waals surface area contributed by atoms with Crippen molar-refractivity contribution in [3.63, 3.8) is 0 Å². The molecule has 2 atom stereocenters. The quantitative estimate of drug-likeness (QED) is 0.210. The maximum atomic E-state index is 15.4. The number of nitrogens with zero attached hydrogens (tertiary/aromatic N) is 4. The number of esters is 1. The number of pyridine rings is 2. The van der Waals surface area contributed by atoms with Gasteiger partial charge in [0.05, 0.1) is 42.0 Å². The fourth-order valence-electron chi connectivity index (χ4n) is 5.64. The molecule has 4 aromatic rings. The summed E-state index contributed by atoms with van der Waals surface area (Å²) in [7, 11) is 2.34. The van der Waals surface area contributed by atoms with Gasteiger partial charge in [-0.1, -0.05) is 11.6 Å². The summed E-state index contributed by atoms with van der Waals surface area (Å²) in [5, 5.41) is 1.78. The van der Waals surface area contributed by atoms with E-state index < -0.39 is 76.0 Å². The van der Waals surface area contributed by atoms with Crippen molar-refractivity contribution >= 4 is 34.8 Å². The number of hydrogen-bond acceptors (Lipinski definition) is 7. The molecule has 5 rings (SSSR count). The number of alkyl halides is 6. The van der Waals surface area contributed by atoms with Gasteiger partial charge in [-0.05, 0) is 37.3 Å². The van der Waals surface area contributed by atoms with Crippen molar-refractivity contribution in [1.29, 1.82) is 0 Å². The van der Waals surface area contributed by atoms with Crippen LogP contribution in [0.25, 0.3) is 16.8 Å². The summed E-state index contributed by atoms with van der Waals surface area (Å²) in [6.45, 7) is 0.372. The van der Waals surface area contributed by atoms with E-state index in [-0.39, 0.29) is 47.9 Å². The van der Waals surface area contributed by atoms with Crippen molar-refractivity contribution in [3.8, 4) is 11.1 Å². The van der Waals surface area contributed by atoms with Crippen LogP contribution in [0.5, 0.6) is 0 Å². The average molecular weight is 718 g/mol. The van der Waals surface area contributed by atoms with Gasteiger partial charge in [-0.15, -0.1) is 0 Å². The lowest BCUT2D eigenvalue weighted by atomic mass is 9.99. The second kappa shape index (κ2) is 13.3. The number of rotatable bonds is 7. The predicted octanol–water partition coefficient (Wildman–Crippen LogP) is 5.10. The van der Waals surface area contributed by atoms with Crippen LogP contribution in [-0.4, -0.2) is 71.0 Å². The maximum Gasteiger partial charge on any atom is 0.417 e. The van der Waals surface area contributed by atoms with Gasteiger partial charge in [0.1, 0.15) is 23.5 Å². The van der Waals surface area contributed by atoms with E-state index in [0.29, 0.717) is 0 Å². The molecular weight excluding hydrogens is 691 g/mol. The molecule has 0 unspecified atom stereocenters. The Morgan fingerprint density at radius 3 is 2.51 bits per heavy atom. The first-order valence-corrected chi connectivity index (χ1v) is 14.8. The molecule has 3 aromatic heterocycles. The zero-order valence-corrected chi connectivity index (χ0v) is 26.6. The highest BCUT2D eigenvalue weighted by molar-refractivity contribution is 6.34. The number of halogens is 8. The second-order valence-corrected chi connectivity index (χ2v) is 11.6. The molecule has 0 saturated carbocycles. The molecule has 49 heavy (non-hydrogen) atoms. The number of imidazole rings is 1. The average Bonchev–Trinajstić information content (AvgIpc) is 3.53. The Balaban J connectivity index is 1.48. The summed E-state index contributed by atoms with van der Waals surface area (Å²) >= 11 is 6.21. The van der Waals surface area contributed by atoms with Crippen molar-refractivity contribution in [2.45, 2.75) is 37.8 Å². The number of benzene rings is 1. The van der Waals surface area contributed by atoms with E-state index in [1.807, 2.05) is 0 Å². The molecule has 18 heteroatoms. The molecule has 1 N–H and O–H groups in total. The smallest absolute Gasteiger partial charge is 0.417 e. The number of aromatic nitrogens is 3. The number of ether oxygens (including phenoxy) is 2. The van der Waals surface area contributed by atoms with E-state index in [0.717, 1.165) is 34.8 Å². The Labute approximate surface area is 278 Å². The van der Waals surface area contributed by atoms with E-state index in [1.165, 1.54) is 42.9 Å². The lowest BCUT2D eigenvalue weighted by molar-refractivity contribution is -0.167. The number of nitrogens with one attached hydrogen (secondary N) is 1. The molecule has 1 fully saturated rings. The molecule has 1 aromatic carbocycles. The monoisotopic (exact) mass is 717 g/mol. The number of morpholine rings is 1. The van der Waals surface area contributed by atoms with Gasteiger partial charge in [0.15, 0.2) is 0 Å². The number of fused-ring (bicyclic) bond motifs is 1. The zero-order chi connectivity index (χ0) is 36.0. The van der Waals surface area contributed by atoms with Crippen LogP contribution in [0.1, 0.15) is 27.3 Å². The predicted molar refractivity (Wildman–Crippen MR) is 162 cm³/mol. The van der Waals surface area contributed by atoms with E-state index >= 15 is 4.39 Å². The Kier molecular flexibility index (Phi) is 9.71. The first-order chi connectivity index (χ1) is 22.9. The lowest BCUT2D eigenvalue weighted by Gasteiger charge is -2.38. The van der Waals surface area contributed by atoms with Gasteiger partial charge in [0, 0.05) is 55.0 Å². The highest BCUT2D eigenvalue weighted by atomic mass is 35.5. The largest absolute Gasteiger partial charge is 0.467 e. The third kappa shape index (κ3) is 6.94. The van der Waals surface area contributed by atoms with Gasteiger partial charge in [0.25, 0.3) is 11.5 Å². The van der Waals surface area contributed by atoms with Gasteiger partial charge in [-0.2, -0.15) is 26.3 Å². The van der Waals surface area contributed by atoms with Gasteiger partial charge >= 0.3 is 18.3 Å². The fourth-order valence-corrected chi connectivity index (χ4v) is 5.92. The molecule has 0 radical (unpaired) electrons. The zero-order valence-electron chi connectivity index (χ0n) is 25.9. The van der Waals surface area contributed by atoms with Gasteiger partial charge in [-0.3, -0.25) is 9.59 Å².